The molecule has 1 fully saturated rings. The molecule has 8 heteroatoms. The Balaban J connectivity index is 1.46. The Bertz CT molecular complexity index is 778. The number of benzene rings is 1. The molecule has 0 radical (unpaired) electrons. The van der Waals surface area contributed by atoms with Crippen LogP contribution in [0.2, 0.25) is 5.02 Å². The maximum Gasteiger partial charge on any atom is 0.241 e. The van der Waals surface area contributed by atoms with E-state index in [2.05, 4.69) is 20.4 Å². The molecule has 1 saturated heterocycles. The molecule has 1 aliphatic heterocycles. The molecule has 0 saturated carbocycles. The number of halogens is 1. The van der Waals surface area contributed by atoms with Crippen molar-refractivity contribution in [2.45, 2.75) is 45.8 Å². The zero-order valence-electron chi connectivity index (χ0n) is 17.1. The van der Waals surface area contributed by atoms with Gasteiger partial charge in [0, 0.05) is 30.3 Å². The molecular weight excluding hydrogens is 392 g/mol. The van der Waals surface area contributed by atoms with Gasteiger partial charge in [-0.15, -0.1) is 0 Å². The number of aromatic nitrogens is 2. The summed E-state index contributed by atoms with van der Waals surface area (Å²) >= 11 is 5.92. The lowest BCUT2D eigenvalue weighted by molar-refractivity contribution is -0.126. The summed E-state index contributed by atoms with van der Waals surface area (Å²) in [6.07, 6.45) is 2.94. The van der Waals surface area contributed by atoms with Gasteiger partial charge in [-0.25, -0.2) is 0 Å². The summed E-state index contributed by atoms with van der Waals surface area (Å²) in [6.45, 7) is 7.51. The van der Waals surface area contributed by atoms with Crippen LogP contribution in [0.3, 0.4) is 0 Å². The zero-order valence-corrected chi connectivity index (χ0v) is 17.8. The number of carbonyl (C=O) groups excluding carboxylic acids is 1. The largest absolute Gasteiger partial charge is 0.379 e. The van der Waals surface area contributed by atoms with Crippen LogP contribution in [0, 0.1) is 5.92 Å². The van der Waals surface area contributed by atoms with E-state index in [1.165, 1.54) is 0 Å². The van der Waals surface area contributed by atoms with Crippen LogP contribution < -0.4 is 5.32 Å². The van der Waals surface area contributed by atoms with Crippen LogP contribution in [-0.2, 0) is 16.1 Å². The first-order valence-electron chi connectivity index (χ1n) is 10.2. The van der Waals surface area contributed by atoms with E-state index in [9.17, 15) is 4.79 Å². The lowest BCUT2D eigenvalue weighted by Gasteiger charge is -2.30. The smallest absolute Gasteiger partial charge is 0.241 e. The number of nitrogens with zero attached hydrogens (tertiary/aromatic N) is 3. The molecule has 0 spiro atoms. The molecule has 1 amide bonds. The van der Waals surface area contributed by atoms with E-state index < -0.39 is 0 Å². The van der Waals surface area contributed by atoms with Gasteiger partial charge in [0.05, 0.1) is 18.6 Å². The first kappa shape index (κ1) is 21.7. The molecule has 0 bridgehead atoms. The Kier molecular flexibility index (Phi) is 8.03. The Morgan fingerprint density at radius 2 is 2.17 bits per heavy atom. The molecule has 7 nitrogen and oxygen atoms in total. The zero-order chi connectivity index (χ0) is 20.6. The van der Waals surface area contributed by atoms with Crippen LogP contribution in [-0.4, -0.2) is 53.3 Å². The van der Waals surface area contributed by atoms with Crippen molar-refractivity contribution in [2.24, 2.45) is 5.92 Å². The number of piperidine rings is 1. The highest BCUT2D eigenvalue weighted by atomic mass is 35.5. The molecule has 2 heterocycles. The van der Waals surface area contributed by atoms with Crippen molar-refractivity contribution >= 4 is 17.5 Å². The molecular formula is C21H29ClN4O3. The Hall–Kier alpha value is -1.96. The molecule has 158 valence electrons. The predicted octanol–water partition coefficient (Wildman–Crippen LogP) is 3.53. The number of hydrogen-bond acceptors (Lipinski definition) is 6. The fraction of sp³-hybridized carbons (Fsp3) is 0.571. The van der Waals surface area contributed by atoms with Crippen LogP contribution in [0.25, 0.3) is 11.4 Å². The van der Waals surface area contributed by atoms with Gasteiger partial charge in [0.15, 0.2) is 0 Å². The third-order valence-corrected chi connectivity index (χ3v) is 5.13. The molecule has 1 aromatic heterocycles. The normalized spacial score (nSPS) is 17.6. The maximum atomic E-state index is 12.5. The number of hydrogen-bond donors (Lipinski definition) is 1. The summed E-state index contributed by atoms with van der Waals surface area (Å²) in [5.74, 6) is 1.22. The average Bonchev–Trinajstić information content (AvgIpc) is 3.16. The summed E-state index contributed by atoms with van der Waals surface area (Å²) in [6, 6.07) is 7.33. The lowest BCUT2D eigenvalue weighted by atomic mass is 9.97. The number of nitrogens with one attached hydrogen (secondary N) is 1. The SMILES string of the molecule is CC(C)OCCCNC(=O)C1CCCN(Cc2nc(-c3ccc(Cl)cc3)no2)C1. The summed E-state index contributed by atoms with van der Waals surface area (Å²) in [5.41, 5.74) is 0.863. The maximum absolute atomic E-state index is 12.5. The highest BCUT2D eigenvalue weighted by Crippen LogP contribution is 2.21. The first-order valence-corrected chi connectivity index (χ1v) is 10.6. The third kappa shape index (κ3) is 6.80. The number of amides is 1. The third-order valence-electron chi connectivity index (χ3n) is 4.88. The van der Waals surface area contributed by atoms with Gasteiger partial charge in [-0.05, 0) is 63.9 Å². The highest BCUT2D eigenvalue weighted by Gasteiger charge is 2.26. The van der Waals surface area contributed by atoms with Crippen LogP contribution in [0.4, 0.5) is 0 Å². The van der Waals surface area contributed by atoms with Gasteiger partial charge in [0.1, 0.15) is 0 Å². The molecule has 1 aromatic carbocycles. The fourth-order valence-corrected chi connectivity index (χ4v) is 3.51. The Labute approximate surface area is 176 Å². The average molecular weight is 421 g/mol. The summed E-state index contributed by atoms with van der Waals surface area (Å²) in [5, 5.41) is 7.76. The van der Waals surface area contributed by atoms with E-state index in [1.54, 1.807) is 12.1 Å². The first-order chi connectivity index (χ1) is 14.0. The molecule has 1 aliphatic rings. The summed E-state index contributed by atoms with van der Waals surface area (Å²) < 4.78 is 10.9. The van der Waals surface area contributed by atoms with Gasteiger partial charge in [0.2, 0.25) is 17.6 Å². The van der Waals surface area contributed by atoms with Crippen LogP contribution in [0.15, 0.2) is 28.8 Å². The number of carbonyl (C=O) groups is 1. The molecule has 1 unspecified atom stereocenters. The molecule has 29 heavy (non-hydrogen) atoms. The van der Waals surface area contributed by atoms with E-state index >= 15 is 0 Å². The monoisotopic (exact) mass is 420 g/mol. The van der Waals surface area contributed by atoms with E-state index in [0.717, 1.165) is 31.4 Å². The Morgan fingerprint density at radius 3 is 2.93 bits per heavy atom. The molecule has 0 aliphatic carbocycles. The van der Waals surface area contributed by atoms with Crippen molar-refractivity contribution in [3.63, 3.8) is 0 Å². The van der Waals surface area contributed by atoms with Gasteiger partial charge in [-0.3, -0.25) is 9.69 Å². The van der Waals surface area contributed by atoms with E-state index in [0.29, 0.717) is 43.0 Å². The second kappa shape index (κ2) is 10.7. The van der Waals surface area contributed by atoms with Crippen molar-refractivity contribution in [3.05, 3.63) is 35.2 Å². The number of rotatable bonds is 9. The van der Waals surface area contributed by atoms with Crippen LogP contribution in [0.1, 0.15) is 39.0 Å². The quantitative estimate of drug-likeness (QED) is 0.625. The fourth-order valence-electron chi connectivity index (χ4n) is 3.39. The van der Waals surface area contributed by atoms with Crippen molar-refractivity contribution in [2.75, 3.05) is 26.2 Å². The predicted molar refractivity (Wildman–Crippen MR) is 111 cm³/mol. The van der Waals surface area contributed by atoms with Crippen LogP contribution in [0.5, 0.6) is 0 Å². The number of likely N-dealkylation sites (tertiary alicyclic amines) is 1. The minimum Gasteiger partial charge on any atom is -0.379 e. The second-order valence-corrected chi connectivity index (χ2v) is 8.09. The second-order valence-electron chi connectivity index (χ2n) is 7.66. The van der Waals surface area contributed by atoms with E-state index in [1.807, 2.05) is 26.0 Å². The van der Waals surface area contributed by atoms with Gasteiger partial charge in [0.25, 0.3) is 0 Å². The summed E-state index contributed by atoms with van der Waals surface area (Å²) in [7, 11) is 0. The van der Waals surface area contributed by atoms with E-state index in [-0.39, 0.29) is 17.9 Å². The minimum atomic E-state index is -0.00609. The van der Waals surface area contributed by atoms with Gasteiger partial charge >= 0.3 is 0 Å². The topological polar surface area (TPSA) is 80.5 Å². The molecule has 2 aromatic rings. The van der Waals surface area contributed by atoms with Crippen molar-refractivity contribution in [1.29, 1.82) is 0 Å². The van der Waals surface area contributed by atoms with Gasteiger partial charge in [-0.2, -0.15) is 4.98 Å². The Morgan fingerprint density at radius 1 is 1.38 bits per heavy atom. The minimum absolute atomic E-state index is 0.00609. The summed E-state index contributed by atoms with van der Waals surface area (Å²) in [4.78, 5) is 19.2. The van der Waals surface area contributed by atoms with E-state index in [4.69, 9.17) is 20.9 Å². The van der Waals surface area contributed by atoms with Crippen molar-refractivity contribution in [3.8, 4) is 11.4 Å². The molecule has 1 atom stereocenters. The molecule has 1 N–H and O–H groups in total. The standard InChI is InChI=1S/C21H29ClN4O3/c1-15(2)28-12-4-10-23-21(27)17-5-3-11-26(13-17)14-19-24-20(25-29-19)16-6-8-18(22)9-7-16/h6-9,15,17H,3-5,10-14H2,1-2H3,(H,23,27). The van der Waals surface area contributed by atoms with Gasteiger partial charge < -0.3 is 14.6 Å². The van der Waals surface area contributed by atoms with Gasteiger partial charge in [-0.1, -0.05) is 16.8 Å². The van der Waals surface area contributed by atoms with Crippen molar-refractivity contribution < 1.29 is 14.1 Å². The number of ether oxygens (including phenoxy) is 1. The molecule has 3 rings (SSSR count). The lowest BCUT2D eigenvalue weighted by Crippen LogP contribution is -2.43. The highest BCUT2D eigenvalue weighted by molar-refractivity contribution is 6.30. The van der Waals surface area contributed by atoms with Crippen molar-refractivity contribution in [1.82, 2.24) is 20.4 Å². The van der Waals surface area contributed by atoms with Crippen LogP contribution >= 0.6 is 11.6 Å².